The van der Waals surface area contributed by atoms with Crippen molar-refractivity contribution in [2.24, 2.45) is 5.16 Å². The number of hydrogen-bond donors (Lipinski definition) is 1. The Morgan fingerprint density at radius 2 is 2.35 bits per heavy atom. The largest absolute Gasteiger partial charge is 0.399 e. The van der Waals surface area contributed by atoms with Crippen LogP contribution in [-0.4, -0.2) is 17.8 Å². The van der Waals surface area contributed by atoms with E-state index in [-0.39, 0.29) is 11.1 Å². The zero-order valence-electron chi connectivity index (χ0n) is 10.2. The minimum absolute atomic E-state index is 0.0884. The highest BCUT2D eigenvalue weighted by molar-refractivity contribution is 6.01. The molecule has 0 atom stereocenters. The lowest BCUT2D eigenvalue weighted by Crippen LogP contribution is -2.16. The molecule has 0 amide bonds. The summed E-state index contributed by atoms with van der Waals surface area (Å²) in [6.45, 7) is 3.80. The highest BCUT2D eigenvalue weighted by atomic mass is 16.6. The summed E-state index contributed by atoms with van der Waals surface area (Å²) < 4.78 is 0. The zero-order chi connectivity index (χ0) is 12.8. The van der Waals surface area contributed by atoms with E-state index in [0.717, 1.165) is 24.1 Å². The second-order valence-corrected chi connectivity index (χ2v) is 3.63. The lowest BCUT2D eigenvalue weighted by molar-refractivity contribution is 0.212. The Morgan fingerprint density at radius 1 is 1.65 bits per heavy atom. The SMILES string of the molecule is CCCC(=NOC)c1cc(C#N)c(=O)[nH]c1C. The summed E-state index contributed by atoms with van der Waals surface area (Å²) in [6.07, 6.45) is 1.63. The molecule has 0 aliphatic rings. The molecule has 0 saturated carbocycles. The van der Waals surface area contributed by atoms with Gasteiger partial charge in [-0.1, -0.05) is 18.5 Å². The number of oxime groups is 1. The van der Waals surface area contributed by atoms with E-state index in [9.17, 15) is 4.79 Å². The van der Waals surface area contributed by atoms with E-state index in [0.29, 0.717) is 5.69 Å². The van der Waals surface area contributed by atoms with E-state index in [1.807, 2.05) is 13.0 Å². The minimum Gasteiger partial charge on any atom is -0.399 e. The third-order valence-electron chi connectivity index (χ3n) is 2.36. The van der Waals surface area contributed by atoms with Gasteiger partial charge in [-0.2, -0.15) is 5.26 Å². The van der Waals surface area contributed by atoms with Crippen LogP contribution >= 0.6 is 0 Å². The third-order valence-corrected chi connectivity index (χ3v) is 2.36. The molecule has 90 valence electrons. The maximum atomic E-state index is 11.4. The molecule has 5 heteroatoms. The second kappa shape index (κ2) is 5.85. The fourth-order valence-corrected chi connectivity index (χ4v) is 1.58. The number of pyridine rings is 1. The number of aromatic amines is 1. The Hall–Kier alpha value is -2.09. The van der Waals surface area contributed by atoms with Gasteiger partial charge in [-0.05, 0) is 19.4 Å². The summed E-state index contributed by atoms with van der Waals surface area (Å²) in [5, 5.41) is 12.8. The van der Waals surface area contributed by atoms with Crippen molar-refractivity contribution < 1.29 is 4.84 Å². The van der Waals surface area contributed by atoms with E-state index in [4.69, 9.17) is 10.1 Å². The first kappa shape index (κ1) is 13.0. The van der Waals surface area contributed by atoms with Gasteiger partial charge in [0.1, 0.15) is 18.7 Å². The molecule has 0 spiro atoms. The van der Waals surface area contributed by atoms with Crippen molar-refractivity contribution in [2.45, 2.75) is 26.7 Å². The van der Waals surface area contributed by atoms with Gasteiger partial charge < -0.3 is 9.82 Å². The molecule has 1 N–H and O–H groups in total. The molecule has 0 aliphatic carbocycles. The third kappa shape index (κ3) is 2.94. The standard InChI is InChI=1S/C12H15N3O2/c1-4-5-11(15-17-3)10-6-9(7-13)12(16)14-8(10)2/h6H,4-5H2,1-3H3,(H,14,16). The van der Waals surface area contributed by atoms with E-state index < -0.39 is 0 Å². The molecular formula is C12H15N3O2. The van der Waals surface area contributed by atoms with Gasteiger partial charge >= 0.3 is 0 Å². The Kier molecular flexibility index (Phi) is 4.46. The predicted molar refractivity (Wildman–Crippen MR) is 65.0 cm³/mol. The summed E-state index contributed by atoms with van der Waals surface area (Å²) in [4.78, 5) is 18.8. The van der Waals surface area contributed by atoms with Crippen LogP contribution in [0.25, 0.3) is 0 Å². The van der Waals surface area contributed by atoms with E-state index in [2.05, 4.69) is 10.1 Å². The highest BCUT2D eigenvalue weighted by Crippen LogP contribution is 2.11. The van der Waals surface area contributed by atoms with Gasteiger partial charge in [0, 0.05) is 11.3 Å². The lowest BCUT2D eigenvalue weighted by atomic mass is 10.0. The predicted octanol–water partition coefficient (Wildman–Crippen LogP) is 1.71. The number of rotatable bonds is 4. The van der Waals surface area contributed by atoms with Crippen LogP contribution in [0.4, 0.5) is 0 Å². The van der Waals surface area contributed by atoms with Crippen LogP contribution in [0.1, 0.15) is 36.6 Å². The van der Waals surface area contributed by atoms with Gasteiger partial charge in [-0.25, -0.2) is 0 Å². The number of nitrogens with zero attached hydrogens (tertiary/aromatic N) is 2. The summed E-state index contributed by atoms with van der Waals surface area (Å²) in [5.41, 5.74) is 1.90. The maximum absolute atomic E-state index is 11.4. The van der Waals surface area contributed by atoms with Gasteiger partial charge in [0.05, 0.1) is 5.71 Å². The lowest BCUT2D eigenvalue weighted by Gasteiger charge is -2.08. The quantitative estimate of drug-likeness (QED) is 0.635. The van der Waals surface area contributed by atoms with Gasteiger partial charge in [-0.15, -0.1) is 0 Å². The highest BCUT2D eigenvalue weighted by Gasteiger charge is 2.11. The van der Waals surface area contributed by atoms with Gasteiger partial charge in [0.25, 0.3) is 5.56 Å². The summed E-state index contributed by atoms with van der Waals surface area (Å²) in [6, 6.07) is 3.42. The molecule has 0 fully saturated rings. The Bertz CT molecular complexity index is 524. The van der Waals surface area contributed by atoms with E-state index in [1.165, 1.54) is 7.11 Å². The molecule has 1 heterocycles. The number of nitriles is 1. The maximum Gasteiger partial charge on any atom is 0.266 e. The zero-order valence-corrected chi connectivity index (χ0v) is 10.2. The topological polar surface area (TPSA) is 78.2 Å². The first-order chi connectivity index (χ1) is 8.13. The Balaban J connectivity index is 3.34. The molecule has 0 bridgehead atoms. The van der Waals surface area contributed by atoms with Gasteiger partial charge in [-0.3, -0.25) is 4.79 Å². The summed E-state index contributed by atoms with van der Waals surface area (Å²) in [5.74, 6) is 0. The van der Waals surface area contributed by atoms with Gasteiger partial charge in [0.2, 0.25) is 0 Å². The average Bonchev–Trinajstić information content (AvgIpc) is 2.29. The van der Waals surface area contributed by atoms with Crippen molar-refractivity contribution in [2.75, 3.05) is 7.11 Å². The summed E-state index contributed by atoms with van der Waals surface area (Å²) >= 11 is 0. The fraction of sp³-hybridized carbons (Fsp3) is 0.417. The number of nitrogens with one attached hydrogen (secondary N) is 1. The van der Waals surface area contributed by atoms with Crippen LogP contribution in [-0.2, 0) is 4.84 Å². The molecule has 0 aromatic carbocycles. The van der Waals surface area contributed by atoms with Crippen LogP contribution in [0.2, 0.25) is 0 Å². The Morgan fingerprint density at radius 3 is 2.88 bits per heavy atom. The summed E-state index contributed by atoms with van der Waals surface area (Å²) in [7, 11) is 1.47. The molecular weight excluding hydrogens is 218 g/mol. The number of hydrogen-bond acceptors (Lipinski definition) is 4. The second-order valence-electron chi connectivity index (χ2n) is 3.63. The molecule has 0 unspecified atom stereocenters. The molecule has 1 aromatic rings. The van der Waals surface area contributed by atoms with Crippen LogP contribution in [0.3, 0.4) is 0 Å². The molecule has 0 aliphatic heterocycles. The van der Waals surface area contributed by atoms with Crippen molar-refractivity contribution in [1.29, 1.82) is 5.26 Å². The minimum atomic E-state index is -0.373. The number of aryl methyl sites for hydroxylation is 1. The van der Waals surface area contributed by atoms with E-state index >= 15 is 0 Å². The van der Waals surface area contributed by atoms with Crippen molar-refractivity contribution in [3.63, 3.8) is 0 Å². The molecule has 0 saturated heterocycles. The molecule has 0 radical (unpaired) electrons. The van der Waals surface area contributed by atoms with Gasteiger partial charge in [0.15, 0.2) is 0 Å². The fourth-order valence-electron chi connectivity index (χ4n) is 1.58. The van der Waals surface area contributed by atoms with Crippen molar-refractivity contribution in [1.82, 2.24) is 4.98 Å². The van der Waals surface area contributed by atoms with Crippen LogP contribution in [0.5, 0.6) is 0 Å². The van der Waals surface area contributed by atoms with E-state index in [1.54, 1.807) is 13.0 Å². The van der Waals surface area contributed by atoms with Crippen molar-refractivity contribution in [3.8, 4) is 6.07 Å². The smallest absolute Gasteiger partial charge is 0.266 e. The molecule has 1 rings (SSSR count). The first-order valence-corrected chi connectivity index (χ1v) is 5.38. The first-order valence-electron chi connectivity index (χ1n) is 5.38. The normalized spacial score (nSPS) is 11.1. The van der Waals surface area contributed by atoms with Crippen LogP contribution in [0, 0.1) is 18.3 Å². The van der Waals surface area contributed by atoms with Crippen LogP contribution < -0.4 is 5.56 Å². The number of aromatic nitrogens is 1. The van der Waals surface area contributed by atoms with Crippen molar-refractivity contribution in [3.05, 3.63) is 33.2 Å². The monoisotopic (exact) mass is 233 g/mol. The molecule has 5 nitrogen and oxygen atoms in total. The molecule has 1 aromatic heterocycles. The number of H-pyrrole nitrogens is 1. The van der Waals surface area contributed by atoms with Crippen molar-refractivity contribution >= 4 is 5.71 Å². The van der Waals surface area contributed by atoms with Crippen LogP contribution in [0.15, 0.2) is 16.0 Å². The molecule has 17 heavy (non-hydrogen) atoms. The Labute approximate surface area is 99.7 Å². The average molecular weight is 233 g/mol.